The van der Waals surface area contributed by atoms with Crippen LogP contribution in [0.1, 0.15) is 88.6 Å². The Labute approximate surface area is 308 Å². The summed E-state index contributed by atoms with van der Waals surface area (Å²) in [5.74, 6) is -4.85. The van der Waals surface area contributed by atoms with Crippen LogP contribution in [0.5, 0.6) is 5.75 Å². The maximum absolute atomic E-state index is 15.3. The molecule has 51 heavy (non-hydrogen) atoms. The highest BCUT2D eigenvalue weighted by Crippen LogP contribution is 2.61. The molecule has 2 aliphatic heterocycles. The van der Waals surface area contributed by atoms with E-state index in [1.165, 1.54) is 36.4 Å². The van der Waals surface area contributed by atoms with Gasteiger partial charge in [0.25, 0.3) is 5.91 Å². The number of carbonyl (C=O) groups excluding carboxylic acids is 4. The van der Waals surface area contributed by atoms with Gasteiger partial charge in [-0.25, -0.2) is 22.4 Å². The first kappa shape index (κ1) is 39.8. The van der Waals surface area contributed by atoms with E-state index >= 15 is 9.18 Å². The molecule has 1 fully saturated rings. The molecular formula is C37H42Cl2FN3O7S. The van der Waals surface area contributed by atoms with Crippen LogP contribution in [0.3, 0.4) is 0 Å². The molecule has 274 valence electrons. The first-order valence-electron chi connectivity index (χ1n) is 16.1. The van der Waals surface area contributed by atoms with E-state index < -0.39 is 68.4 Å². The second kappa shape index (κ2) is 14.6. The van der Waals surface area contributed by atoms with Crippen molar-refractivity contribution in [3.8, 4) is 5.75 Å². The third-order valence-electron chi connectivity index (χ3n) is 9.66. The van der Waals surface area contributed by atoms with E-state index in [0.29, 0.717) is 16.7 Å². The summed E-state index contributed by atoms with van der Waals surface area (Å²) >= 11 is 13.1. The molecule has 0 aromatic heterocycles. The Morgan fingerprint density at radius 3 is 2.27 bits per heavy atom. The average Bonchev–Trinajstić information content (AvgIpc) is 3.28. The van der Waals surface area contributed by atoms with Gasteiger partial charge in [-0.3, -0.25) is 19.2 Å². The number of rotatable bonds is 9. The number of ether oxygens (including phenoxy) is 1. The van der Waals surface area contributed by atoms with E-state index in [1.807, 2.05) is 4.72 Å². The maximum atomic E-state index is 15.3. The lowest BCUT2D eigenvalue weighted by atomic mass is 9.58. The molecule has 0 radical (unpaired) electrons. The monoisotopic (exact) mass is 761 g/mol. The minimum absolute atomic E-state index is 0. The third-order valence-corrected chi connectivity index (χ3v) is 10.7. The quantitative estimate of drug-likeness (QED) is 0.242. The van der Waals surface area contributed by atoms with E-state index in [9.17, 15) is 22.8 Å². The van der Waals surface area contributed by atoms with Gasteiger partial charge in [-0.2, -0.15) is 0 Å². The number of hydrogen-bond donors (Lipinski definition) is 2. The number of halogens is 3. The number of hydrogen-bond acceptors (Lipinski definition) is 7. The summed E-state index contributed by atoms with van der Waals surface area (Å²) in [5.41, 5.74) is -1.78. The van der Waals surface area contributed by atoms with Crippen molar-refractivity contribution in [2.24, 2.45) is 5.92 Å². The minimum Gasteiger partial charge on any atom is -0.477 e. The molecule has 2 aliphatic rings. The number of amides is 4. The Bertz CT molecular complexity index is 2020. The summed E-state index contributed by atoms with van der Waals surface area (Å²) in [4.78, 5) is 57.6. The molecule has 0 bridgehead atoms. The summed E-state index contributed by atoms with van der Waals surface area (Å²) in [6.45, 7) is 8.35. The van der Waals surface area contributed by atoms with E-state index in [2.05, 4.69) is 5.32 Å². The SMILES string of the molecule is C.CCC(CC)(Oc1ccc(Cl)cc1[C@H]1CC(=O)N[C@@H](c2cc(F)ccc2C)C12C(=O)N(C(=O)C(C)C)c1cc(Cl)ccc12)C(=O)NS(C)(=O)=O. The lowest BCUT2D eigenvalue weighted by Gasteiger charge is -2.47. The first-order chi connectivity index (χ1) is 23.4. The zero-order valence-corrected chi connectivity index (χ0v) is 30.7. The lowest BCUT2D eigenvalue weighted by molar-refractivity contribution is -0.137. The molecule has 14 heteroatoms. The summed E-state index contributed by atoms with van der Waals surface area (Å²) in [6.07, 6.45) is 0.642. The molecule has 4 amide bonds. The zero-order chi connectivity index (χ0) is 36.9. The Morgan fingerprint density at radius 2 is 1.67 bits per heavy atom. The fraction of sp³-hybridized carbons (Fsp3) is 0.405. The van der Waals surface area contributed by atoms with E-state index in [0.717, 1.165) is 11.2 Å². The number of fused-ring (bicyclic) bond motifs is 2. The van der Waals surface area contributed by atoms with Crippen molar-refractivity contribution in [2.45, 2.75) is 84.3 Å². The van der Waals surface area contributed by atoms with Crippen LogP contribution in [0, 0.1) is 18.7 Å². The van der Waals surface area contributed by atoms with Crippen molar-refractivity contribution in [2.75, 3.05) is 11.2 Å². The molecule has 3 aromatic rings. The third kappa shape index (κ3) is 6.97. The van der Waals surface area contributed by atoms with Gasteiger partial charge in [0.05, 0.1) is 18.0 Å². The predicted octanol–water partition coefficient (Wildman–Crippen LogP) is 6.90. The number of aryl methyl sites for hydroxylation is 1. The second-order valence-corrected chi connectivity index (χ2v) is 15.7. The number of anilines is 1. The molecule has 0 saturated carbocycles. The van der Waals surface area contributed by atoms with Crippen LogP contribution >= 0.6 is 23.2 Å². The highest BCUT2D eigenvalue weighted by atomic mass is 35.5. The van der Waals surface area contributed by atoms with E-state index in [4.69, 9.17) is 27.9 Å². The normalized spacial score (nSPS) is 20.2. The highest BCUT2D eigenvalue weighted by Gasteiger charge is 2.65. The Hall–Kier alpha value is -4.00. The number of imide groups is 1. The van der Waals surface area contributed by atoms with Gasteiger partial charge in [0.2, 0.25) is 27.7 Å². The standard InChI is InChI=1S/C36H38Cl2FN3O7S.CH4/c1-7-35(8-2,33(45)41-50(6,47)48)49-29-14-11-21(37)15-25(29)27-18-30(43)40-31(24-17-23(39)12-9-20(24)5)36(27)26-13-10-22(38)16-28(26)42(34(36)46)32(44)19(3)4;/h9-17,19,27,31H,7-8,18H2,1-6H3,(H,40,43)(H,41,45);1H4/t27-,31+,36?;/m1./s1. The number of nitrogens with zero attached hydrogens (tertiary/aromatic N) is 1. The van der Waals surface area contributed by atoms with Crippen molar-refractivity contribution in [1.29, 1.82) is 0 Å². The smallest absolute Gasteiger partial charge is 0.277 e. The van der Waals surface area contributed by atoms with Crippen molar-refractivity contribution >= 4 is 62.5 Å². The van der Waals surface area contributed by atoms with Crippen LogP contribution in [0.15, 0.2) is 54.6 Å². The van der Waals surface area contributed by atoms with Gasteiger partial charge in [0, 0.05) is 33.9 Å². The van der Waals surface area contributed by atoms with Crippen molar-refractivity contribution in [3.63, 3.8) is 0 Å². The topological polar surface area (TPSA) is 139 Å². The second-order valence-electron chi connectivity index (χ2n) is 13.1. The summed E-state index contributed by atoms with van der Waals surface area (Å²) < 4.78 is 47.8. The number of benzene rings is 3. The van der Waals surface area contributed by atoms with Gasteiger partial charge in [0.1, 0.15) is 17.0 Å². The number of piperidine rings is 1. The van der Waals surface area contributed by atoms with Crippen LogP contribution in [0.4, 0.5) is 10.1 Å². The van der Waals surface area contributed by atoms with Gasteiger partial charge >= 0.3 is 0 Å². The predicted molar refractivity (Wildman–Crippen MR) is 195 cm³/mol. The molecule has 3 aromatic carbocycles. The van der Waals surface area contributed by atoms with E-state index in [1.54, 1.807) is 52.8 Å². The maximum Gasteiger partial charge on any atom is 0.277 e. The van der Waals surface area contributed by atoms with Gasteiger partial charge in [0.15, 0.2) is 5.60 Å². The van der Waals surface area contributed by atoms with Crippen molar-refractivity contribution < 1.29 is 36.7 Å². The highest BCUT2D eigenvalue weighted by molar-refractivity contribution is 7.89. The molecule has 1 saturated heterocycles. The van der Waals surface area contributed by atoms with E-state index in [-0.39, 0.29) is 53.7 Å². The molecule has 2 N–H and O–H groups in total. The van der Waals surface area contributed by atoms with Gasteiger partial charge in [-0.1, -0.05) is 70.5 Å². The van der Waals surface area contributed by atoms with Crippen molar-refractivity contribution in [3.05, 3.63) is 92.7 Å². The summed E-state index contributed by atoms with van der Waals surface area (Å²) in [5, 5.41) is 3.42. The fourth-order valence-electron chi connectivity index (χ4n) is 7.14. The van der Waals surface area contributed by atoms with Gasteiger partial charge in [-0.05, 0) is 78.9 Å². The Morgan fingerprint density at radius 1 is 1.04 bits per heavy atom. The molecule has 10 nitrogen and oxygen atoms in total. The molecule has 5 rings (SSSR count). The van der Waals surface area contributed by atoms with Crippen LogP contribution in [0.25, 0.3) is 0 Å². The van der Waals surface area contributed by atoms with Crippen LogP contribution < -0.4 is 19.7 Å². The average molecular weight is 763 g/mol. The number of carbonyl (C=O) groups is 4. The van der Waals surface area contributed by atoms with Gasteiger partial charge in [-0.15, -0.1) is 0 Å². The molecule has 1 spiro atoms. The van der Waals surface area contributed by atoms with Gasteiger partial charge < -0.3 is 10.1 Å². The number of sulfonamides is 1. The van der Waals surface area contributed by atoms with Crippen LogP contribution in [0.2, 0.25) is 10.0 Å². The summed E-state index contributed by atoms with van der Waals surface area (Å²) in [6, 6.07) is 12.1. The Balaban J connectivity index is 0.00000583. The molecule has 0 aliphatic carbocycles. The molecule has 1 unspecified atom stereocenters. The van der Waals surface area contributed by atoms with Crippen molar-refractivity contribution in [1.82, 2.24) is 10.0 Å². The van der Waals surface area contributed by atoms with Crippen LogP contribution in [-0.2, 0) is 34.6 Å². The van der Waals surface area contributed by atoms with Crippen LogP contribution in [-0.4, -0.2) is 43.9 Å². The lowest BCUT2D eigenvalue weighted by Crippen LogP contribution is -2.59. The zero-order valence-electron chi connectivity index (χ0n) is 28.4. The largest absolute Gasteiger partial charge is 0.477 e. The fourth-order valence-corrected chi connectivity index (χ4v) is 8.01. The molecular weight excluding hydrogens is 720 g/mol. The minimum atomic E-state index is -3.97. The Kier molecular flexibility index (Phi) is 11.4. The first-order valence-corrected chi connectivity index (χ1v) is 18.8. The summed E-state index contributed by atoms with van der Waals surface area (Å²) in [7, 11) is -3.97. The molecule has 3 atom stereocenters. The molecule has 2 heterocycles. The number of nitrogens with one attached hydrogen (secondary N) is 2.